The summed E-state index contributed by atoms with van der Waals surface area (Å²) in [5.74, 6) is 0.980. The number of nitrogens with zero attached hydrogens (tertiary/aromatic N) is 1. The van der Waals surface area contributed by atoms with Gasteiger partial charge in [0.1, 0.15) is 0 Å². The lowest BCUT2D eigenvalue weighted by Crippen LogP contribution is -2.46. The first kappa shape index (κ1) is 14.4. The van der Waals surface area contributed by atoms with Crippen LogP contribution >= 0.6 is 11.8 Å². The Morgan fingerprint density at radius 1 is 1.59 bits per heavy atom. The predicted octanol–water partition coefficient (Wildman–Crippen LogP) is 2.19. The minimum atomic E-state index is -0.128. The van der Waals surface area contributed by atoms with Crippen molar-refractivity contribution >= 4 is 22.9 Å². The average Bonchev–Trinajstić information content (AvgIpc) is 2.23. The van der Waals surface area contributed by atoms with Crippen LogP contribution < -0.4 is 5.32 Å². The first-order valence-corrected chi connectivity index (χ1v) is 7.13. The minimum Gasteiger partial charge on any atom is -0.466 e. The molecule has 1 fully saturated rings. The van der Waals surface area contributed by atoms with E-state index in [9.17, 15) is 4.79 Å². The number of hydrogen-bond donors (Lipinski definition) is 1. The number of carbonyl (C=O) groups is 1. The number of thioether (sulfide) groups is 1. The largest absolute Gasteiger partial charge is 0.466 e. The Bertz CT molecular complexity index is 290. The van der Waals surface area contributed by atoms with E-state index < -0.39 is 0 Å². The Morgan fingerprint density at radius 3 is 3.00 bits per heavy atom. The molecule has 4 nitrogen and oxygen atoms in total. The average molecular weight is 258 g/mol. The van der Waals surface area contributed by atoms with E-state index in [0.29, 0.717) is 19.6 Å². The van der Waals surface area contributed by atoms with Crippen LogP contribution in [0.3, 0.4) is 0 Å². The minimum absolute atomic E-state index is 0.128. The van der Waals surface area contributed by atoms with Gasteiger partial charge in [0, 0.05) is 24.3 Å². The van der Waals surface area contributed by atoms with Crippen molar-refractivity contribution in [3.8, 4) is 0 Å². The van der Waals surface area contributed by atoms with Crippen LogP contribution in [0.15, 0.2) is 4.99 Å². The van der Waals surface area contributed by atoms with Gasteiger partial charge in [-0.25, -0.2) is 0 Å². The molecule has 1 aliphatic rings. The third-order valence-corrected chi connectivity index (χ3v) is 3.42. The van der Waals surface area contributed by atoms with Gasteiger partial charge in [-0.3, -0.25) is 9.79 Å². The van der Waals surface area contributed by atoms with Crippen molar-refractivity contribution in [2.45, 2.75) is 45.6 Å². The van der Waals surface area contributed by atoms with E-state index in [1.807, 2.05) is 6.92 Å². The number of amidine groups is 1. The zero-order chi connectivity index (χ0) is 12.7. The molecule has 1 aliphatic heterocycles. The fraction of sp³-hybridized carbons (Fsp3) is 0.833. The molecular weight excluding hydrogens is 236 g/mol. The molecule has 1 heterocycles. The molecule has 5 heteroatoms. The molecule has 0 bridgehead atoms. The maximum absolute atomic E-state index is 11.1. The maximum atomic E-state index is 11.1. The van der Waals surface area contributed by atoms with E-state index in [4.69, 9.17) is 4.74 Å². The van der Waals surface area contributed by atoms with Gasteiger partial charge in [-0.1, -0.05) is 11.8 Å². The zero-order valence-corrected chi connectivity index (χ0v) is 11.7. The molecule has 1 N–H and O–H groups in total. The van der Waals surface area contributed by atoms with E-state index in [0.717, 1.165) is 23.8 Å². The highest BCUT2D eigenvalue weighted by atomic mass is 32.2. The summed E-state index contributed by atoms with van der Waals surface area (Å²) in [6.07, 6.45) is 2.36. The summed E-state index contributed by atoms with van der Waals surface area (Å²) in [5, 5.41) is 4.41. The van der Waals surface area contributed by atoms with Crippen molar-refractivity contribution in [1.82, 2.24) is 5.32 Å². The van der Waals surface area contributed by atoms with Crippen molar-refractivity contribution in [1.29, 1.82) is 0 Å². The van der Waals surface area contributed by atoms with Crippen molar-refractivity contribution in [2.75, 3.05) is 18.9 Å². The lowest BCUT2D eigenvalue weighted by atomic mass is 10.0. The molecule has 0 aromatic rings. The summed E-state index contributed by atoms with van der Waals surface area (Å²) < 4.78 is 4.86. The van der Waals surface area contributed by atoms with Gasteiger partial charge in [0.2, 0.25) is 0 Å². The molecule has 0 aliphatic carbocycles. The van der Waals surface area contributed by atoms with E-state index in [1.54, 1.807) is 11.8 Å². The first-order valence-electron chi connectivity index (χ1n) is 6.14. The van der Waals surface area contributed by atoms with Crippen LogP contribution in [0.4, 0.5) is 0 Å². The highest BCUT2D eigenvalue weighted by molar-refractivity contribution is 8.13. The molecule has 98 valence electrons. The van der Waals surface area contributed by atoms with E-state index in [2.05, 4.69) is 24.2 Å². The number of nitrogens with one attached hydrogen (secondary N) is 1. The Balaban J connectivity index is 2.22. The Morgan fingerprint density at radius 2 is 2.35 bits per heavy atom. The van der Waals surface area contributed by atoms with Crippen LogP contribution in [0.1, 0.15) is 40.0 Å². The molecule has 1 saturated heterocycles. The van der Waals surface area contributed by atoms with Crippen molar-refractivity contribution in [2.24, 2.45) is 4.99 Å². The van der Waals surface area contributed by atoms with Crippen molar-refractivity contribution in [3.63, 3.8) is 0 Å². The quantitative estimate of drug-likeness (QED) is 0.606. The number of aliphatic imine (C=N–C) groups is 1. The molecule has 0 saturated carbocycles. The summed E-state index contributed by atoms with van der Waals surface area (Å²) in [4.78, 5) is 15.6. The smallest absolute Gasteiger partial charge is 0.305 e. The number of rotatable bonds is 5. The molecule has 0 radical (unpaired) electrons. The highest BCUT2D eigenvalue weighted by Crippen LogP contribution is 2.21. The molecule has 0 amide bonds. The summed E-state index contributed by atoms with van der Waals surface area (Å²) >= 11 is 1.76. The molecular formula is C12H22N2O2S. The van der Waals surface area contributed by atoms with Crippen molar-refractivity contribution in [3.05, 3.63) is 0 Å². The maximum Gasteiger partial charge on any atom is 0.305 e. The SMILES string of the molecule is CCOC(=O)CCCN=C1NC(C)(C)CCS1. The van der Waals surface area contributed by atoms with E-state index in [-0.39, 0.29) is 11.5 Å². The van der Waals surface area contributed by atoms with Crippen molar-refractivity contribution < 1.29 is 9.53 Å². The summed E-state index contributed by atoms with van der Waals surface area (Å²) in [7, 11) is 0. The Hall–Kier alpha value is -0.710. The molecule has 0 aromatic heterocycles. The summed E-state index contributed by atoms with van der Waals surface area (Å²) in [5.41, 5.74) is 0.144. The third kappa shape index (κ3) is 5.96. The fourth-order valence-corrected chi connectivity index (χ4v) is 2.85. The molecule has 0 aromatic carbocycles. The Kier molecular flexibility index (Phi) is 5.82. The number of ether oxygens (including phenoxy) is 1. The van der Waals surface area contributed by atoms with Gasteiger partial charge in [0.15, 0.2) is 5.17 Å². The van der Waals surface area contributed by atoms with Crippen LogP contribution in [-0.4, -0.2) is 35.6 Å². The van der Waals surface area contributed by atoms with Gasteiger partial charge >= 0.3 is 5.97 Å². The van der Waals surface area contributed by atoms with Gasteiger partial charge in [0.25, 0.3) is 0 Å². The van der Waals surface area contributed by atoms with Gasteiger partial charge in [-0.15, -0.1) is 0 Å². The normalized spacial score (nSPS) is 21.0. The van der Waals surface area contributed by atoms with Crippen LogP contribution in [-0.2, 0) is 9.53 Å². The molecule has 0 spiro atoms. The van der Waals surface area contributed by atoms with Crippen LogP contribution in [0.25, 0.3) is 0 Å². The second kappa shape index (κ2) is 6.89. The summed E-state index contributed by atoms with van der Waals surface area (Å²) in [6.45, 7) is 7.33. The lowest BCUT2D eigenvalue weighted by Gasteiger charge is -2.32. The Labute approximate surface area is 108 Å². The second-order valence-corrected chi connectivity index (χ2v) is 5.79. The third-order valence-electron chi connectivity index (χ3n) is 2.51. The van der Waals surface area contributed by atoms with Gasteiger partial charge in [-0.05, 0) is 33.6 Å². The van der Waals surface area contributed by atoms with Crippen LogP contribution in [0.5, 0.6) is 0 Å². The highest BCUT2D eigenvalue weighted by Gasteiger charge is 2.23. The van der Waals surface area contributed by atoms with Gasteiger partial charge in [-0.2, -0.15) is 0 Å². The fourth-order valence-electron chi connectivity index (χ4n) is 1.51. The predicted molar refractivity (Wildman–Crippen MR) is 72.5 cm³/mol. The van der Waals surface area contributed by atoms with E-state index in [1.165, 1.54) is 0 Å². The number of carbonyl (C=O) groups excluding carboxylic acids is 1. The number of esters is 1. The standard InChI is InChI=1S/C12H22N2O2S/c1-4-16-10(15)6-5-8-13-11-14-12(2,3)7-9-17-11/h4-9H2,1-3H3,(H,13,14). The topological polar surface area (TPSA) is 50.7 Å². The van der Waals surface area contributed by atoms with Gasteiger partial charge in [0.05, 0.1) is 6.61 Å². The molecule has 17 heavy (non-hydrogen) atoms. The monoisotopic (exact) mass is 258 g/mol. The second-order valence-electron chi connectivity index (χ2n) is 4.70. The van der Waals surface area contributed by atoms with Crippen LogP contribution in [0, 0.1) is 0 Å². The summed E-state index contributed by atoms with van der Waals surface area (Å²) in [6, 6.07) is 0. The first-order chi connectivity index (χ1) is 8.03. The zero-order valence-electron chi connectivity index (χ0n) is 10.9. The van der Waals surface area contributed by atoms with Gasteiger partial charge < -0.3 is 10.1 Å². The molecule has 0 unspecified atom stereocenters. The van der Waals surface area contributed by atoms with E-state index >= 15 is 0 Å². The lowest BCUT2D eigenvalue weighted by molar-refractivity contribution is -0.143. The number of hydrogen-bond acceptors (Lipinski definition) is 4. The molecule has 1 rings (SSSR count). The van der Waals surface area contributed by atoms with Crippen LogP contribution in [0.2, 0.25) is 0 Å². The molecule has 0 atom stereocenters.